The summed E-state index contributed by atoms with van der Waals surface area (Å²) in [6.07, 6.45) is 2.73. The number of anilines is 1. The van der Waals surface area contributed by atoms with Gasteiger partial charge in [0.15, 0.2) is 5.13 Å². The number of nitrogens with zero attached hydrogens (tertiary/aromatic N) is 2. The van der Waals surface area contributed by atoms with Gasteiger partial charge in [-0.15, -0.1) is 11.3 Å². The number of rotatable bonds is 5. The van der Waals surface area contributed by atoms with Crippen LogP contribution in [0.25, 0.3) is 11.3 Å². The Labute approximate surface area is 194 Å². The van der Waals surface area contributed by atoms with Gasteiger partial charge in [-0.1, -0.05) is 46.3 Å². The molecule has 3 aromatic rings. The molecule has 1 amide bonds. The first kappa shape index (κ1) is 20.7. The number of fused-ring (bicyclic) bond motifs is 1. The molecule has 3 heterocycles. The quantitative estimate of drug-likeness (QED) is 0.455. The number of carbonyl (C=O) groups is 1. The van der Waals surface area contributed by atoms with Crippen molar-refractivity contribution in [2.24, 2.45) is 0 Å². The maximum atomic E-state index is 13.8. The molecule has 1 fully saturated rings. The zero-order chi connectivity index (χ0) is 21.2. The van der Waals surface area contributed by atoms with Crippen LogP contribution < -0.4 is 9.64 Å². The number of carbonyl (C=O) groups excluding carboxylic acids is 1. The van der Waals surface area contributed by atoms with Crippen molar-refractivity contribution in [3.05, 3.63) is 63.9 Å². The molecule has 0 radical (unpaired) electrons. The Balaban J connectivity index is 1.46. The van der Waals surface area contributed by atoms with E-state index in [4.69, 9.17) is 14.5 Å². The summed E-state index contributed by atoms with van der Waals surface area (Å²) in [6, 6.07) is 15.9. The third kappa shape index (κ3) is 4.40. The molecule has 0 bridgehead atoms. The molecule has 5 rings (SSSR count). The number of hydrogen-bond donors (Lipinski definition) is 0. The SMILES string of the molecule is O=C(C1CCOc2ccccc21)N(CC1CCCO1)c1nc(-c2ccc(Br)cc2)cs1. The number of hydrogen-bond acceptors (Lipinski definition) is 5. The lowest BCUT2D eigenvalue weighted by Gasteiger charge is -2.30. The van der Waals surface area contributed by atoms with Gasteiger partial charge in [-0.3, -0.25) is 9.69 Å². The summed E-state index contributed by atoms with van der Waals surface area (Å²) in [7, 11) is 0. The summed E-state index contributed by atoms with van der Waals surface area (Å²) in [5.74, 6) is 0.646. The van der Waals surface area contributed by atoms with Crippen LogP contribution in [0.15, 0.2) is 58.4 Å². The number of aromatic nitrogens is 1. The summed E-state index contributed by atoms with van der Waals surface area (Å²) in [5, 5.41) is 2.74. The van der Waals surface area contributed by atoms with Crippen molar-refractivity contribution in [1.29, 1.82) is 0 Å². The lowest BCUT2D eigenvalue weighted by Crippen LogP contribution is -2.41. The van der Waals surface area contributed by atoms with E-state index in [0.29, 0.717) is 19.6 Å². The molecule has 2 aromatic carbocycles. The molecule has 2 atom stereocenters. The summed E-state index contributed by atoms with van der Waals surface area (Å²) in [5.41, 5.74) is 2.87. The number of para-hydroxylation sites is 1. The molecule has 1 aromatic heterocycles. The Kier molecular flexibility index (Phi) is 6.07. The van der Waals surface area contributed by atoms with Crippen molar-refractivity contribution in [2.75, 3.05) is 24.7 Å². The molecule has 7 heteroatoms. The number of benzene rings is 2. The molecular weight excluding hydrogens is 476 g/mol. The van der Waals surface area contributed by atoms with Crippen LogP contribution in [0.2, 0.25) is 0 Å². The second kappa shape index (κ2) is 9.10. The molecule has 2 unspecified atom stereocenters. The maximum absolute atomic E-state index is 13.8. The van der Waals surface area contributed by atoms with Crippen LogP contribution in [0.3, 0.4) is 0 Å². The average molecular weight is 499 g/mol. The van der Waals surface area contributed by atoms with Crippen LogP contribution in [0.5, 0.6) is 5.75 Å². The van der Waals surface area contributed by atoms with E-state index in [1.54, 1.807) is 0 Å². The fourth-order valence-corrected chi connectivity index (χ4v) is 5.30. The van der Waals surface area contributed by atoms with Gasteiger partial charge < -0.3 is 9.47 Å². The molecule has 160 valence electrons. The highest BCUT2D eigenvalue weighted by atomic mass is 79.9. The van der Waals surface area contributed by atoms with E-state index in [0.717, 1.165) is 51.6 Å². The number of ether oxygens (including phenoxy) is 2. The normalized spacial score (nSPS) is 20.2. The van der Waals surface area contributed by atoms with Gasteiger partial charge in [-0.25, -0.2) is 4.98 Å². The molecule has 5 nitrogen and oxygen atoms in total. The zero-order valence-corrected chi connectivity index (χ0v) is 19.4. The number of halogens is 1. The van der Waals surface area contributed by atoms with E-state index in [1.165, 1.54) is 11.3 Å². The third-order valence-corrected chi connectivity index (χ3v) is 7.19. The largest absolute Gasteiger partial charge is 0.493 e. The first-order valence-corrected chi connectivity index (χ1v) is 12.2. The average Bonchev–Trinajstić information content (AvgIpc) is 3.49. The van der Waals surface area contributed by atoms with E-state index >= 15 is 0 Å². The van der Waals surface area contributed by atoms with Gasteiger partial charge in [0.05, 0.1) is 30.9 Å². The smallest absolute Gasteiger partial charge is 0.236 e. The molecule has 1 saturated heterocycles. The second-order valence-electron chi connectivity index (χ2n) is 7.83. The van der Waals surface area contributed by atoms with E-state index in [-0.39, 0.29) is 17.9 Å². The van der Waals surface area contributed by atoms with Gasteiger partial charge in [-0.05, 0) is 37.5 Å². The predicted octanol–water partition coefficient (Wildman–Crippen LogP) is 5.65. The Morgan fingerprint density at radius 3 is 2.77 bits per heavy atom. The highest BCUT2D eigenvalue weighted by Crippen LogP contribution is 2.37. The number of amides is 1. The topological polar surface area (TPSA) is 51.7 Å². The molecule has 2 aliphatic rings. The van der Waals surface area contributed by atoms with Crippen molar-refractivity contribution in [3.8, 4) is 17.0 Å². The second-order valence-corrected chi connectivity index (χ2v) is 9.59. The zero-order valence-electron chi connectivity index (χ0n) is 17.0. The first-order valence-electron chi connectivity index (χ1n) is 10.6. The molecule has 31 heavy (non-hydrogen) atoms. The fraction of sp³-hybridized carbons (Fsp3) is 0.333. The number of thiazole rings is 1. The van der Waals surface area contributed by atoms with Crippen LogP contribution in [-0.4, -0.2) is 36.8 Å². The first-order chi connectivity index (χ1) is 15.2. The summed E-state index contributed by atoms with van der Waals surface area (Å²) < 4.78 is 12.7. The predicted molar refractivity (Wildman–Crippen MR) is 126 cm³/mol. The molecule has 0 spiro atoms. The van der Waals surface area contributed by atoms with Crippen molar-refractivity contribution in [1.82, 2.24) is 4.98 Å². The standard InChI is InChI=1S/C24H23BrN2O3S/c25-17-9-7-16(8-10-17)21-15-31-24(26-21)27(14-18-4-3-12-29-18)23(28)20-11-13-30-22-6-2-1-5-19(20)22/h1-2,5-10,15,18,20H,3-4,11-14H2. The summed E-state index contributed by atoms with van der Waals surface area (Å²) >= 11 is 4.99. The minimum atomic E-state index is -0.230. The molecule has 2 aliphatic heterocycles. The Bertz CT molecular complexity index is 1060. The summed E-state index contributed by atoms with van der Waals surface area (Å²) in [6.45, 7) is 1.84. The van der Waals surface area contributed by atoms with Gasteiger partial charge in [0, 0.05) is 27.6 Å². The van der Waals surface area contributed by atoms with Crippen LogP contribution in [0.4, 0.5) is 5.13 Å². The van der Waals surface area contributed by atoms with Crippen LogP contribution in [0, 0.1) is 0 Å². The van der Waals surface area contributed by atoms with Crippen molar-refractivity contribution >= 4 is 38.3 Å². The minimum absolute atomic E-state index is 0.0547. The Hall–Kier alpha value is -2.22. The fourth-order valence-electron chi connectivity index (χ4n) is 4.18. The van der Waals surface area contributed by atoms with Crippen molar-refractivity contribution in [2.45, 2.75) is 31.3 Å². The molecular formula is C24H23BrN2O3S. The van der Waals surface area contributed by atoms with Crippen LogP contribution in [-0.2, 0) is 9.53 Å². The summed E-state index contributed by atoms with van der Waals surface area (Å²) in [4.78, 5) is 20.5. The van der Waals surface area contributed by atoms with E-state index < -0.39 is 0 Å². The molecule has 0 N–H and O–H groups in total. The van der Waals surface area contributed by atoms with E-state index in [1.807, 2.05) is 58.8 Å². The maximum Gasteiger partial charge on any atom is 0.236 e. The molecule has 0 saturated carbocycles. The van der Waals surface area contributed by atoms with Gasteiger partial charge in [-0.2, -0.15) is 0 Å². The van der Waals surface area contributed by atoms with E-state index in [2.05, 4.69) is 15.9 Å². The third-order valence-electron chi connectivity index (χ3n) is 5.80. The van der Waals surface area contributed by atoms with Gasteiger partial charge >= 0.3 is 0 Å². The van der Waals surface area contributed by atoms with Gasteiger partial charge in [0.25, 0.3) is 0 Å². The Morgan fingerprint density at radius 1 is 1.13 bits per heavy atom. The van der Waals surface area contributed by atoms with Crippen LogP contribution in [0.1, 0.15) is 30.7 Å². The van der Waals surface area contributed by atoms with Gasteiger partial charge in [0.1, 0.15) is 5.75 Å². The highest BCUT2D eigenvalue weighted by molar-refractivity contribution is 9.10. The Morgan fingerprint density at radius 2 is 1.97 bits per heavy atom. The monoisotopic (exact) mass is 498 g/mol. The molecule has 0 aliphatic carbocycles. The van der Waals surface area contributed by atoms with Crippen LogP contribution >= 0.6 is 27.3 Å². The lowest BCUT2D eigenvalue weighted by molar-refractivity contribution is -0.121. The lowest BCUT2D eigenvalue weighted by atomic mass is 9.92. The van der Waals surface area contributed by atoms with Crippen molar-refractivity contribution < 1.29 is 14.3 Å². The highest BCUT2D eigenvalue weighted by Gasteiger charge is 2.34. The van der Waals surface area contributed by atoms with Gasteiger partial charge in [0.2, 0.25) is 5.91 Å². The van der Waals surface area contributed by atoms with E-state index in [9.17, 15) is 4.79 Å². The minimum Gasteiger partial charge on any atom is -0.493 e. The van der Waals surface area contributed by atoms with Crippen molar-refractivity contribution in [3.63, 3.8) is 0 Å².